The fourth-order valence-corrected chi connectivity index (χ4v) is 2.28. The van der Waals surface area contributed by atoms with Crippen molar-refractivity contribution in [3.8, 4) is 0 Å². The van der Waals surface area contributed by atoms with Gasteiger partial charge in [0.25, 0.3) is 6.09 Å². The molecule has 5 nitrogen and oxygen atoms in total. The largest absolute Gasteiger partial charge is 0.496 e. The molecule has 0 aromatic heterocycles. The molecule has 0 saturated heterocycles. The van der Waals surface area contributed by atoms with E-state index >= 15 is 0 Å². The van der Waals surface area contributed by atoms with Gasteiger partial charge in [0.05, 0.1) is 0 Å². The van der Waals surface area contributed by atoms with Gasteiger partial charge < -0.3 is 9.90 Å². The Kier molecular flexibility index (Phi) is 3.57. The number of hydrogen-bond acceptors (Lipinski definition) is 4. The zero-order chi connectivity index (χ0) is 13.9. The van der Waals surface area contributed by atoms with Crippen LogP contribution in [0.5, 0.6) is 0 Å². The van der Waals surface area contributed by atoms with Crippen LogP contribution in [0.2, 0.25) is 0 Å². The molecule has 19 heavy (non-hydrogen) atoms. The summed E-state index contributed by atoms with van der Waals surface area (Å²) in [4.78, 5) is 22.7. The molecule has 0 fully saturated rings. The van der Waals surface area contributed by atoms with Gasteiger partial charge in [0.1, 0.15) is 6.54 Å². The van der Waals surface area contributed by atoms with Crippen LogP contribution >= 0.6 is 0 Å². The molecule has 2 aromatic rings. The van der Waals surface area contributed by atoms with Crippen LogP contribution in [0.1, 0.15) is 13.3 Å². The summed E-state index contributed by atoms with van der Waals surface area (Å²) >= 11 is 0. The summed E-state index contributed by atoms with van der Waals surface area (Å²) in [7, 11) is 0. The molecule has 0 spiro atoms. The molecular formula is C14H14N2O3. The molecule has 2 aromatic carbocycles. The third kappa shape index (κ3) is 2.08. The van der Waals surface area contributed by atoms with Crippen molar-refractivity contribution in [3.05, 3.63) is 47.4 Å². The monoisotopic (exact) mass is 258 g/mol. The van der Waals surface area contributed by atoms with E-state index in [1.807, 2.05) is 18.2 Å². The number of amides is 1. The van der Waals surface area contributed by atoms with Crippen LogP contribution in [0.25, 0.3) is 10.8 Å². The lowest BCUT2D eigenvalue weighted by Gasteiger charge is -2.27. The number of carbonyl (C=O) groups excluding carboxylic acids is 1. The van der Waals surface area contributed by atoms with Crippen LogP contribution in [0.3, 0.4) is 0 Å². The van der Waals surface area contributed by atoms with Crippen molar-refractivity contribution in [2.24, 2.45) is 5.29 Å². The van der Waals surface area contributed by atoms with E-state index in [-0.39, 0.29) is 6.54 Å². The van der Waals surface area contributed by atoms with Gasteiger partial charge in [-0.2, -0.15) is 0 Å². The predicted octanol–water partition coefficient (Wildman–Crippen LogP) is 2.58. The number of nitroso groups, excluding NO2 is 1. The molecule has 0 radical (unpaired) electrons. The van der Waals surface area contributed by atoms with Crippen LogP contribution in [-0.2, 0) is 0 Å². The average molecular weight is 258 g/mol. The smallest absolute Gasteiger partial charge is 0.293 e. The maximum Gasteiger partial charge on any atom is 0.293 e. The van der Waals surface area contributed by atoms with E-state index in [2.05, 4.69) is 5.29 Å². The van der Waals surface area contributed by atoms with Crippen molar-refractivity contribution in [3.63, 3.8) is 0 Å². The van der Waals surface area contributed by atoms with E-state index in [1.54, 1.807) is 31.2 Å². The predicted molar refractivity (Wildman–Crippen MR) is 72.1 cm³/mol. The summed E-state index contributed by atoms with van der Waals surface area (Å²) in [6.07, 6.45) is -1.00. The van der Waals surface area contributed by atoms with Crippen LogP contribution in [0, 0.1) is 4.91 Å². The van der Waals surface area contributed by atoms with E-state index in [1.165, 1.54) is 0 Å². The number of benzene rings is 2. The second-order valence-electron chi connectivity index (χ2n) is 4.34. The van der Waals surface area contributed by atoms with E-state index in [0.29, 0.717) is 17.5 Å². The zero-order valence-electron chi connectivity index (χ0n) is 10.6. The second-order valence-corrected chi connectivity index (χ2v) is 4.34. The zero-order valence-corrected chi connectivity index (χ0v) is 10.6. The van der Waals surface area contributed by atoms with E-state index in [0.717, 1.165) is 5.39 Å². The van der Waals surface area contributed by atoms with Crippen molar-refractivity contribution < 1.29 is 9.90 Å². The van der Waals surface area contributed by atoms with Crippen LogP contribution in [0.15, 0.2) is 47.8 Å². The highest BCUT2D eigenvalue weighted by molar-refractivity contribution is 5.97. The molecule has 0 aliphatic carbocycles. The molecule has 2 rings (SSSR count). The first kappa shape index (κ1) is 13.2. The Morgan fingerprint density at radius 3 is 2.53 bits per heavy atom. The van der Waals surface area contributed by atoms with E-state index in [4.69, 9.17) is 0 Å². The highest BCUT2D eigenvalue weighted by Gasteiger charge is 2.37. The van der Waals surface area contributed by atoms with Crippen molar-refractivity contribution in [2.45, 2.75) is 13.3 Å². The molecule has 1 atom stereocenters. The molecule has 0 saturated carbocycles. The van der Waals surface area contributed by atoms with Crippen LogP contribution in [-0.4, -0.2) is 12.6 Å². The first-order valence-corrected chi connectivity index (χ1v) is 6.08. The molecule has 1 unspecified atom stereocenters. The normalized spacial score (nSPS) is 13.9. The SMILES string of the molecule is CCC[N+](N=O)(C(=O)[O-])c1cccc2ccccc12. The van der Waals surface area contributed by atoms with Crippen molar-refractivity contribution in [1.29, 1.82) is 0 Å². The Morgan fingerprint density at radius 2 is 1.89 bits per heavy atom. The van der Waals surface area contributed by atoms with Crippen LogP contribution < -0.4 is 9.70 Å². The van der Waals surface area contributed by atoms with Gasteiger partial charge in [0.2, 0.25) is 0 Å². The third-order valence-corrected chi connectivity index (χ3v) is 3.15. The topological polar surface area (TPSA) is 69.6 Å². The summed E-state index contributed by atoms with van der Waals surface area (Å²) in [6, 6.07) is 12.5. The number of quaternary nitrogens is 1. The number of hydrogen-bond donors (Lipinski definition) is 0. The molecule has 0 bridgehead atoms. The van der Waals surface area contributed by atoms with Crippen molar-refractivity contribution >= 4 is 22.6 Å². The first-order valence-electron chi connectivity index (χ1n) is 6.08. The number of carbonyl (C=O) groups is 1. The molecule has 0 aliphatic heterocycles. The Morgan fingerprint density at radius 1 is 1.21 bits per heavy atom. The van der Waals surface area contributed by atoms with Gasteiger partial charge >= 0.3 is 0 Å². The first-order chi connectivity index (χ1) is 9.15. The lowest BCUT2D eigenvalue weighted by atomic mass is 10.1. The van der Waals surface area contributed by atoms with E-state index in [9.17, 15) is 14.8 Å². The second kappa shape index (κ2) is 5.16. The lowest BCUT2D eigenvalue weighted by molar-refractivity contribution is -0.264. The third-order valence-electron chi connectivity index (χ3n) is 3.15. The highest BCUT2D eigenvalue weighted by atomic mass is 16.4. The minimum absolute atomic E-state index is 0.0693. The fourth-order valence-electron chi connectivity index (χ4n) is 2.28. The van der Waals surface area contributed by atoms with Crippen LogP contribution in [0.4, 0.5) is 10.5 Å². The van der Waals surface area contributed by atoms with E-state index < -0.39 is 10.7 Å². The van der Waals surface area contributed by atoms with Gasteiger partial charge in [-0.1, -0.05) is 46.8 Å². The minimum atomic E-state index is -1.51. The summed E-state index contributed by atoms with van der Waals surface area (Å²) in [6.45, 7) is 1.87. The molecule has 1 amide bonds. The molecule has 0 aliphatic rings. The van der Waals surface area contributed by atoms with Gasteiger partial charge in [0.15, 0.2) is 11.0 Å². The Bertz CT molecular complexity index is 622. The molecule has 5 heteroatoms. The molecular weight excluding hydrogens is 244 g/mol. The van der Waals surface area contributed by atoms with Crippen molar-refractivity contribution in [2.75, 3.05) is 6.54 Å². The number of rotatable bonds is 4. The maximum atomic E-state index is 11.5. The quantitative estimate of drug-likeness (QED) is 0.481. The summed E-state index contributed by atoms with van der Waals surface area (Å²) in [5, 5.41) is 15.9. The van der Waals surface area contributed by atoms with Gasteiger partial charge in [-0.15, -0.1) is 0 Å². The summed E-state index contributed by atoms with van der Waals surface area (Å²) in [5.74, 6) is 0. The Labute approximate surface area is 110 Å². The molecule has 0 N–H and O–H groups in total. The van der Waals surface area contributed by atoms with Gasteiger partial charge in [-0.3, -0.25) is 0 Å². The van der Waals surface area contributed by atoms with Gasteiger partial charge in [0, 0.05) is 11.5 Å². The highest BCUT2D eigenvalue weighted by Crippen LogP contribution is 2.32. The van der Waals surface area contributed by atoms with Gasteiger partial charge in [-0.25, -0.2) is 0 Å². The number of nitrogens with zero attached hydrogens (tertiary/aromatic N) is 2. The van der Waals surface area contributed by atoms with Crippen molar-refractivity contribution in [1.82, 2.24) is 4.59 Å². The lowest BCUT2D eigenvalue weighted by Crippen LogP contribution is -2.56. The summed E-state index contributed by atoms with van der Waals surface area (Å²) in [5.41, 5.74) is 0.343. The molecule has 98 valence electrons. The number of fused-ring (bicyclic) bond motifs is 1. The standard InChI is InChI=1S/C14H14N2O3/c1-2-10-16(15-19,14(17)18)13-9-5-7-11-6-3-4-8-12(11)13/h3-9H,2,10H2,1H3. The maximum absolute atomic E-state index is 11.5. The van der Waals surface area contributed by atoms with Gasteiger partial charge in [-0.05, 0) is 17.9 Å². The minimum Gasteiger partial charge on any atom is -0.496 e. The Hall–Kier alpha value is -2.27. The molecule has 0 heterocycles. The summed E-state index contributed by atoms with van der Waals surface area (Å²) < 4.78 is -1.04. The average Bonchev–Trinajstić information content (AvgIpc) is 2.44. The Balaban J connectivity index is 2.76. The fraction of sp³-hybridized carbons (Fsp3) is 0.214. The number of carboxylic acid groups (broad SMARTS) is 1.